The van der Waals surface area contributed by atoms with Gasteiger partial charge in [0.2, 0.25) is 0 Å². The maximum Gasteiger partial charge on any atom is 0.191 e. The summed E-state index contributed by atoms with van der Waals surface area (Å²) in [5.41, 5.74) is 1.16. The Hall–Kier alpha value is -1.75. The molecular weight excluding hydrogens is 336 g/mol. The molecule has 3 rings (SSSR count). The molecule has 1 aromatic carbocycles. The van der Waals surface area contributed by atoms with Crippen LogP contribution in [-0.4, -0.2) is 50.2 Å². The molecule has 1 saturated heterocycles. The van der Waals surface area contributed by atoms with Crippen LogP contribution in [0.4, 0.5) is 0 Å². The summed E-state index contributed by atoms with van der Waals surface area (Å²) in [4.78, 5) is 7.36. The van der Waals surface area contributed by atoms with Gasteiger partial charge in [0.15, 0.2) is 5.96 Å². The average Bonchev–Trinajstić information content (AvgIpc) is 3.54. The van der Waals surface area contributed by atoms with Crippen molar-refractivity contribution in [2.24, 2.45) is 16.8 Å². The molecular formula is C22H36N4O. The number of nitrogens with one attached hydrogen (secondary N) is 2. The lowest BCUT2D eigenvalue weighted by molar-refractivity contribution is 0.183. The number of hydrogen-bond donors (Lipinski definition) is 2. The zero-order valence-corrected chi connectivity index (χ0v) is 17.0. The Kier molecular flexibility index (Phi) is 7.81. The van der Waals surface area contributed by atoms with Gasteiger partial charge in [-0.05, 0) is 63.6 Å². The third kappa shape index (κ3) is 6.73. The number of rotatable bonds is 9. The van der Waals surface area contributed by atoms with E-state index in [1.165, 1.54) is 38.8 Å². The fourth-order valence-electron chi connectivity index (χ4n) is 3.62. The summed E-state index contributed by atoms with van der Waals surface area (Å²) in [5, 5.41) is 6.94. The zero-order chi connectivity index (χ0) is 18.9. The number of guanidine groups is 1. The molecule has 1 heterocycles. The molecule has 27 heavy (non-hydrogen) atoms. The summed E-state index contributed by atoms with van der Waals surface area (Å²) in [7, 11) is 0. The summed E-state index contributed by atoms with van der Waals surface area (Å²) >= 11 is 0. The van der Waals surface area contributed by atoms with Gasteiger partial charge in [-0.3, -0.25) is 0 Å². The Balaban J connectivity index is 1.53. The monoisotopic (exact) mass is 372 g/mol. The van der Waals surface area contributed by atoms with Gasteiger partial charge >= 0.3 is 0 Å². The lowest BCUT2D eigenvalue weighted by Crippen LogP contribution is -2.44. The first-order chi connectivity index (χ1) is 13.3. The van der Waals surface area contributed by atoms with E-state index in [1.807, 2.05) is 6.07 Å². The molecule has 0 spiro atoms. The second-order valence-electron chi connectivity index (χ2n) is 7.84. The van der Waals surface area contributed by atoms with Crippen molar-refractivity contribution in [2.45, 2.75) is 46.1 Å². The molecule has 1 aliphatic carbocycles. The van der Waals surface area contributed by atoms with Crippen LogP contribution in [0.25, 0.3) is 0 Å². The zero-order valence-electron chi connectivity index (χ0n) is 17.0. The molecule has 1 aromatic rings. The maximum absolute atomic E-state index is 6.02. The van der Waals surface area contributed by atoms with Gasteiger partial charge in [-0.1, -0.05) is 25.1 Å². The molecule has 1 unspecified atom stereocenters. The van der Waals surface area contributed by atoms with Crippen molar-refractivity contribution in [3.63, 3.8) is 0 Å². The summed E-state index contributed by atoms with van der Waals surface area (Å²) in [6.45, 7) is 11.3. The van der Waals surface area contributed by atoms with Crippen LogP contribution in [0.2, 0.25) is 0 Å². The van der Waals surface area contributed by atoms with Gasteiger partial charge in [-0.15, -0.1) is 0 Å². The average molecular weight is 373 g/mol. The van der Waals surface area contributed by atoms with Crippen LogP contribution in [0, 0.1) is 11.8 Å². The minimum atomic E-state index is 0.641. The van der Waals surface area contributed by atoms with E-state index in [0.29, 0.717) is 12.5 Å². The van der Waals surface area contributed by atoms with Gasteiger partial charge < -0.3 is 20.3 Å². The van der Waals surface area contributed by atoms with E-state index in [1.54, 1.807) is 0 Å². The van der Waals surface area contributed by atoms with Crippen LogP contribution in [0.15, 0.2) is 29.3 Å². The van der Waals surface area contributed by atoms with Crippen LogP contribution < -0.4 is 15.4 Å². The fourth-order valence-corrected chi connectivity index (χ4v) is 3.62. The van der Waals surface area contributed by atoms with E-state index in [9.17, 15) is 0 Å². The second kappa shape index (κ2) is 10.5. The van der Waals surface area contributed by atoms with Crippen molar-refractivity contribution >= 4 is 5.96 Å². The smallest absolute Gasteiger partial charge is 0.191 e. The van der Waals surface area contributed by atoms with Gasteiger partial charge in [0.1, 0.15) is 5.75 Å². The number of piperidine rings is 1. The standard InChI is InChI=1S/C22H36N4O/c1-3-23-22(24-14-19-8-7-13-26(4-2)16-19)25-15-20-9-5-6-10-21(20)27-17-18-11-12-18/h5-6,9-10,18-19H,3-4,7-8,11-17H2,1-2H3,(H2,23,24,25). The van der Waals surface area contributed by atoms with Crippen molar-refractivity contribution in [2.75, 3.05) is 39.3 Å². The SMILES string of the molecule is CCNC(=NCc1ccccc1OCC1CC1)NCC1CCCN(CC)C1. The number of ether oxygens (including phenoxy) is 1. The highest BCUT2D eigenvalue weighted by atomic mass is 16.5. The fraction of sp³-hybridized carbons (Fsp3) is 0.682. The molecule has 0 aromatic heterocycles. The number of para-hydroxylation sites is 1. The predicted octanol–water partition coefficient (Wildman–Crippen LogP) is 3.26. The van der Waals surface area contributed by atoms with E-state index in [4.69, 9.17) is 9.73 Å². The molecule has 1 saturated carbocycles. The highest BCUT2D eigenvalue weighted by Crippen LogP contribution is 2.30. The van der Waals surface area contributed by atoms with Crippen molar-refractivity contribution in [3.05, 3.63) is 29.8 Å². The minimum absolute atomic E-state index is 0.641. The molecule has 2 N–H and O–H groups in total. The molecule has 1 aliphatic heterocycles. The van der Waals surface area contributed by atoms with Crippen LogP contribution in [0.5, 0.6) is 5.75 Å². The van der Waals surface area contributed by atoms with Crippen LogP contribution in [0.1, 0.15) is 45.1 Å². The first kappa shape index (κ1) is 20.0. The van der Waals surface area contributed by atoms with Gasteiger partial charge in [0.25, 0.3) is 0 Å². The van der Waals surface area contributed by atoms with E-state index >= 15 is 0 Å². The maximum atomic E-state index is 6.02. The van der Waals surface area contributed by atoms with Crippen molar-refractivity contribution in [1.29, 1.82) is 0 Å². The van der Waals surface area contributed by atoms with Gasteiger partial charge in [-0.2, -0.15) is 0 Å². The van der Waals surface area contributed by atoms with E-state index in [-0.39, 0.29) is 0 Å². The van der Waals surface area contributed by atoms with E-state index in [0.717, 1.165) is 49.4 Å². The molecule has 2 aliphatic rings. The molecule has 2 fully saturated rings. The number of likely N-dealkylation sites (tertiary alicyclic amines) is 1. The van der Waals surface area contributed by atoms with Crippen molar-refractivity contribution in [1.82, 2.24) is 15.5 Å². The lowest BCUT2D eigenvalue weighted by atomic mass is 9.98. The highest BCUT2D eigenvalue weighted by molar-refractivity contribution is 5.79. The molecule has 0 amide bonds. The Morgan fingerprint density at radius 2 is 2.00 bits per heavy atom. The number of nitrogens with zero attached hydrogens (tertiary/aromatic N) is 2. The summed E-state index contributed by atoms with van der Waals surface area (Å²) in [6, 6.07) is 8.29. The summed E-state index contributed by atoms with van der Waals surface area (Å²) < 4.78 is 6.02. The molecule has 1 atom stereocenters. The summed E-state index contributed by atoms with van der Waals surface area (Å²) in [5.74, 6) is 3.36. The Bertz CT molecular complexity index is 600. The molecule has 5 nitrogen and oxygen atoms in total. The Morgan fingerprint density at radius 3 is 2.78 bits per heavy atom. The lowest BCUT2D eigenvalue weighted by Gasteiger charge is -2.32. The van der Waals surface area contributed by atoms with Crippen LogP contribution in [0.3, 0.4) is 0 Å². The predicted molar refractivity (Wildman–Crippen MR) is 112 cm³/mol. The Morgan fingerprint density at radius 1 is 1.15 bits per heavy atom. The quantitative estimate of drug-likeness (QED) is 0.516. The third-order valence-electron chi connectivity index (χ3n) is 5.50. The van der Waals surface area contributed by atoms with Gasteiger partial charge in [-0.25, -0.2) is 4.99 Å². The topological polar surface area (TPSA) is 48.9 Å². The van der Waals surface area contributed by atoms with E-state index < -0.39 is 0 Å². The summed E-state index contributed by atoms with van der Waals surface area (Å²) in [6.07, 6.45) is 5.23. The molecule has 0 radical (unpaired) electrons. The van der Waals surface area contributed by atoms with Gasteiger partial charge in [0, 0.05) is 25.2 Å². The van der Waals surface area contributed by atoms with Crippen LogP contribution >= 0.6 is 0 Å². The third-order valence-corrected chi connectivity index (χ3v) is 5.50. The normalized spacial score (nSPS) is 21.1. The second-order valence-corrected chi connectivity index (χ2v) is 7.84. The highest BCUT2D eigenvalue weighted by Gasteiger charge is 2.22. The number of hydrogen-bond acceptors (Lipinski definition) is 3. The Labute approximate surface area is 164 Å². The van der Waals surface area contributed by atoms with Gasteiger partial charge in [0.05, 0.1) is 13.2 Å². The molecule has 0 bridgehead atoms. The van der Waals surface area contributed by atoms with Crippen molar-refractivity contribution < 1.29 is 4.74 Å². The van der Waals surface area contributed by atoms with E-state index in [2.05, 4.69) is 47.6 Å². The van der Waals surface area contributed by atoms with Crippen molar-refractivity contribution in [3.8, 4) is 5.75 Å². The number of aliphatic imine (C=N–C) groups is 1. The first-order valence-corrected chi connectivity index (χ1v) is 10.7. The minimum Gasteiger partial charge on any atom is -0.493 e. The van der Waals surface area contributed by atoms with Crippen LogP contribution in [-0.2, 0) is 6.54 Å². The largest absolute Gasteiger partial charge is 0.493 e. The first-order valence-electron chi connectivity index (χ1n) is 10.7. The molecule has 5 heteroatoms. The molecule has 150 valence electrons. The number of benzene rings is 1.